The summed E-state index contributed by atoms with van der Waals surface area (Å²) in [6.07, 6.45) is 1.65. The van der Waals surface area contributed by atoms with Crippen molar-refractivity contribution < 1.29 is 9.13 Å². The molecule has 0 aliphatic rings. The van der Waals surface area contributed by atoms with Crippen molar-refractivity contribution in [2.75, 3.05) is 17.3 Å². The Kier molecular flexibility index (Phi) is 4.62. The van der Waals surface area contributed by atoms with Crippen molar-refractivity contribution >= 4 is 22.2 Å². The van der Waals surface area contributed by atoms with Gasteiger partial charge in [-0.15, -0.1) is 0 Å². The van der Waals surface area contributed by atoms with E-state index in [9.17, 15) is 14.3 Å². The summed E-state index contributed by atoms with van der Waals surface area (Å²) in [5.74, 6) is 0.552. The van der Waals surface area contributed by atoms with Crippen LogP contribution in [0.25, 0.3) is 0 Å². The number of rotatable bonds is 5. The maximum Gasteiger partial charge on any atom is 0.269 e. The second-order valence-corrected chi connectivity index (χ2v) is 5.52. The second kappa shape index (κ2) is 5.77. The predicted octanol–water partition coefficient (Wildman–Crippen LogP) is 2.08. The van der Waals surface area contributed by atoms with E-state index < -0.39 is 15.7 Å². The van der Waals surface area contributed by atoms with Crippen LogP contribution in [0.4, 0.5) is 11.4 Å². The maximum absolute atomic E-state index is 11.1. The summed E-state index contributed by atoms with van der Waals surface area (Å²) in [6, 6.07) is 4.74. The third kappa shape index (κ3) is 4.14. The van der Waals surface area contributed by atoms with Gasteiger partial charge in [-0.25, -0.2) is 0 Å². The highest BCUT2D eigenvalue weighted by Crippen LogP contribution is 2.21. The van der Waals surface area contributed by atoms with Gasteiger partial charge in [0.25, 0.3) is 5.69 Å². The van der Waals surface area contributed by atoms with Crippen LogP contribution in [-0.4, -0.2) is 27.2 Å². The molecule has 0 saturated carbocycles. The fourth-order valence-corrected chi connectivity index (χ4v) is 2.37. The first-order valence-corrected chi connectivity index (χ1v) is 6.94. The molecule has 1 N–H and O–H groups in total. The zero-order chi connectivity index (χ0) is 13.0. The molecule has 6 heteroatoms. The minimum Gasteiger partial charge on any atom is -0.381 e. The lowest BCUT2D eigenvalue weighted by Gasteiger charge is -2.15. The standard InChI is InChI=1S/C11H16N2O3S/c1-8-6-10(13(14)15)4-5-11(8)12-9(2)7-17(3)16/h4-6,9,12H,7H2,1-3H3. The number of nitro groups is 1. The van der Waals surface area contributed by atoms with Crippen LogP contribution in [-0.2, 0) is 10.8 Å². The van der Waals surface area contributed by atoms with E-state index in [0.29, 0.717) is 5.75 Å². The number of nitrogens with zero attached hydrogens (tertiary/aromatic N) is 1. The molecule has 2 unspecified atom stereocenters. The minimum atomic E-state index is -0.858. The molecule has 0 aromatic heterocycles. The number of nitrogens with one attached hydrogen (secondary N) is 1. The highest BCUT2D eigenvalue weighted by molar-refractivity contribution is 7.84. The lowest BCUT2D eigenvalue weighted by Crippen LogP contribution is -2.22. The predicted molar refractivity (Wildman–Crippen MR) is 69.9 cm³/mol. The molecule has 5 nitrogen and oxygen atoms in total. The van der Waals surface area contributed by atoms with Gasteiger partial charge < -0.3 is 5.32 Å². The van der Waals surface area contributed by atoms with Crippen molar-refractivity contribution in [2.24, 2.45) is 0 Å². The van der Waals surface area contributed by atoms with Gasteiger partial charge >= 0.3 is 0 Å². The molecule has 0 saturated heterocycles. The van der Waals surface area contributed by atoms with E-state index in [0.717, 1.165) is 11.3 Å². The van der Waals surface area contributed by atoms with Gasteiger partial charge in [-0.3, -0.25) is 14.3 Å². The van der Waals surface area contributed by atoms with Gasteiger partial charge in [0, 0.05) is 46.7 Å². The molecule has 0 heterocycles. The second-order valence-electron chi connectivity index (χ2n) is 4.04. The third-order valence-electron chi connectivity index (χ3n) is 2.31. The van der Waals surface area contributed by atoms with Crippen molar-refractivity contribution in [1.82, 2.24) is 0 Å². The lowest BCUT2D eigenvalue weighted by molar-refractivity contribution is -0.384. The Bertz CT molecular complexity index is 448. The van der Waals surface area contributed by atoms with Crippen LogP contribution in [0.2, 0.25) is 0 Å². The van der Waals surface area contributed by atoms with E-state index in [1.807, 2.05) is 13.8 Å². The summed E-state index contributed by atoms with van der Waals surface area (Å²) in [7, 11) is -0.858. The van der Waals surface area contributed by atoms with E-state index >= 15 is 0 Å². The molecule has 0 spiro atoms. The van der Waals surface area contributed by atoms with Crippen molar-refractivity contribution in [1.29, 1.82) is 0 Å². The number of aryl methyl sites for hydroxylation is 1. The van der Waals surface area contributed by atoms with E-state index in [1.54, 1.807) is 12.3 Å². The molecule has 1 aromatic rings. The molecule has 94 valence electrons. The smallest absolute Gasteiger partial charge is 0.269 e. The van der Waals surface area contributed by atoms with Gasteiger partial charge in [0.1, 0.15) is 0 Å². The maximum atomic E-state index is 11.1. The van der Waals surface area contributed by atoms with Crippen LogP contribution in [0.3, 0.4) is 0 Å². The summed E-state index contributed by atoms with van der Waals surface area (Å²) in [5.41, 5.74) is 1.74. The number of non-ortho nitro benzene ring substituents is 1. The van der Waals surface area contributed by atoms with Gasteiger partial charge in [-0.1, -0.05) is 0 Å². The zero-order valence-electron chi connectivity index (χ0n) is 10.1. The summed E-state index contributed by atoms with van der Waals surface area (Å²) in [5, 5.41) is 13.8. The van der Waals surface area contributed by atoms with Crippen molar-refractivity contribution in [3.63, 3.8) is 0 Å². The number of hydrogen-bond acceptors (Lipinski definition) is 4. The highest BCUT2D eigenvalue weighted by Gasteiger charge is 2.10. The first-order valence-electron chi connectivity index (χ1n) is 5.21. The molecular weight excluding hydrogens is 240 g/mol. The Balaban J connectivity index is 2.79. The minimum absolute atomic E-state index is 0.0704. The van der Waals surface area contributed by atoms with Crippen molar-refractivity contribution in [2.45, 2.75) is 19.9 Å². The Morgan fingerprint density at radius 2 is 2.18 bits per heavy atom. The third-order valence-corrected chi connectivity index (χ3v) is 3.28. The molecule has 17 heavy (non-hydrogen) atoms. The van der Waals surface area contributed by atoms with Crippen molar-refractivity contribution in [3.8, 4) is 0 Å². The number of nitro benzene ring substituents is 1. The van der Waals surface area contributed by atoms with E-state index in [1.165, 1.54) is 12.1 Å². The zero-order valence-corrected chi connectivity index (χ0v) is 10.9. The molecule has 1 aromatic carbocycles. The Morgan fingerprint density at radius 1 is 1.53 bits per heavy atom. The highest BCUT2D eigenvalue weighted by atomic mass is 32.2. The Labute approximate surface area is 103 Å². The molecule has 0 radical (unpaired) electrons. The Hall–Kier alpha value is -1.43. The van der Waals surface area contributed by atoms with Crippen molar-refractivity contribution in [3.05, 3.63) is 33.9 Å². The quantitative estimate of drug-likeness (QED) is 0.646. The van der Waals surface area contributed by atoms with E-state index in [-0.39, 0.29) is 11.7 Å². The fourth-order valence-electron chi connectivity index (χ4n) is 1.58. The summed E-state index contributed by atoms with van der Waals surface area (Å²) in [6.45, 7) is 3.74. The number of anilines is 1. The van der Waals surface area contributed by atoms with Gasteiger partial charge in [0.15, 0.2) is 0 Å². The van der Waals surface area contributed by atoms with Gasteiger partial charge in [-0.2, -0.15) is 0 Å². The molecule has 0 aliphatic heterocycles. The Morgan fingerprint density at radius 3 is 2.65 bits per heavy atom. The molecular formula is C11H16N2O3S. The molecule has 0 fully saturated rings. The van der Waals surface area contributed by atoms with Crippen LogP contribution in [0.5, 0.6) is 0 Å². The van der Waals surface area contributed by atoms with Crippen LogP contribution in [0, 0.1) is 17.0 Å². The monoisotopic (exact) mass is 256 g/mol. The fraction of sp³-hybridized carbons (Fsp3) is 0.455. The first-order chi connectivity index (χ1) is 7.90. The van der Waals surface area contributed by atoms with Crippen LogP contribution >= 0.6 is 0 Å². The van der Waals surface area contributed by atoms with E-state index in [4.69, 9.17) is 0 Å². The van der Waals surface area contributed by atoms with E-state index in [2.05, 4.69) is 5.32 Å². The van der Waals surface area contributed by atoms with Gasteiger partial charge in [-0.05, 0) is 25.5 Å². The lowest BCUT2D eigenvalue weighted by atomic mass is 10.1. The molecule has 0 bridgehead atoms. The molecule has 1 rings (SSSR count). The van der Waals surface area contributed by atoms with Gasteiger partial charge in [0.2, 0.25) is 0 Å². The molecule has 0 aliphatic carbocycles. The van der Waals surface area contributed by atoms with Gasteiger partial charge in [0.05, 0.1) is 4.92 Å². The SMILES string of the molecule is Cc1cc([N+](=O)[O-])ccc1NC(C)CS(C)=O. The molecule has 0 amide bonds. The topological polar surface area (TPSA) is 72.2 Å². The summed E-state index contributed by atoms with van der Waals surface area (Å²) < 4.78 is 11.1. The average molecular weight is 256 g/mol. The average Bonchev–Trinajstić information content (AvgIpc) is 2.19. The molecule has 2 atom stereocenters. The number of hydrogen-bond donors (Lipinski definition) is 1. The van der Waals surface area contributed by atoms with Crippen LogP contribution < -0.4 is 5.32 Å². The largest absolute Gasteiger partial charge is 0.381 e. The van der Waals surface area contributed by atoms with Crippen LogP contribution in [0.15, 0.2) is 18.2 Å². The normalized spacial score (nSPS) is 14.1. The summed E-state index contributed by atoms with van der Waals surface area (Å²) in [4.78, 5) is 10.2. The van der Waals surface area contributed by atoms with Crippen LogP contribution in [0.1, 0.15) is 12.5 Å². The summed E-state index contributed by atoms with van der Waals surface area (Å²) >= 11 is 0. The first kappa shape index (κ1) is 13.6. The number of benzene rings is 1.